The number of carbonyl (C=O) groups is 2. The number of ether oxygens (including phenoxy) is 1. The standard InChI is InChI=1S/C26H24N2O5S2/c1-14(2)33-25(32)21-15(3)27-26-28(22(21)17-9-11-19(34-4)12-10-17)23(29)20(35-26)13-16-5-7-18(8-6-16)24(30)31/h5-14,22H,1-4H3,(H,30,31)/b20-13+/t22-/m0/s1. The summed E-state index contributed by atoms with van der Waals surface area (Å²) in [4.78, 5) is 44.0. The van der Waals surface area contributed by atoms with Crippen LogP contribution in [0.25, 0.3) is 6.08 Å². The molecule has 0 amide bonds. The highest BCUT2D eigenvalue weighted by molar-refractivity contribution is 7.98. The van der Waals surface area contributed by atoms with E-state index in [1.165, 1.54) is 23.5 Å². The van der Waals surface area contributed by atoms with Crippen LogP contribution in [0.2, 0.25) is 0 Å². The Labute approximate surface area is 210 Å². The molecule has 0 spiro atoms. The van der Waals surface area contributed by atoms with Gasteiger partial charge in [-0.15, -0.1) is 11.8 Å². The molecule has 0 unspecified atom stereocenters. The van der Waals surface area contributed by atoms with E-state index in [0.29, 0.717) is 26.2 Å². The summed E-state index contributed by atoms with van der Waals surface area (Å²) in [6.07, 6.45) is 3.37. The molecule has 1 atom stereocenters. The van der Waals surface area contributed by atoms with E-state index in [9.17, 15) is 14.4 Å². The molecule has 0 aliphatic carbocycles. The van der Waals surface area contributed by atoms with Gasteiger partial charge in [-0.05, 0) is 68.5 Å². The maximum absolute atomic E-state index is 13.6. The molecule has 1 N–H and O–H groups in total. The molecule has 1 aromatic heterocycles. The first kappa shape index (κ1) is 24.7. The Bertz CT molecular complexity index is 1500. The average Bonchev–Trinajstić information content (AvgIpc) is 3.12. The van der Waals surface area contributed by atoms with Crippen LogP contribution in [0.4, 0.5) is 0 Å². The molecule has 180 valence electrons. The van der Waals surface area contributed by atoms with Crippen molar-refractivity contribution < 1.29 is 19.4 Å². The number of thiazole rings is 1. The predicted molar refractivity (Wildman–Crippen MR) is 137 cm³/mol. The molecule has 1 aliphatic rings. The summed E-state index contributed by atoms with van der Waals surface area (Å²) in [5.74, 6) is -1.52. The number of allylic oxidation sites excluding steroid dienone is 1. The fraction of sp³-hybridized carbons (Fsp3) is 0.231. The average molecular weight is 509 g/mol. The lowest BCUT2D eigenvalue weighted by molar-refractivity contribution is -0.143. The van der Waals surface area contributed by atoms with Gasteiger partial charge < -0.3 is 9.84 Å². The van der Waals surface area contributed by atoms with Crippen molar-refractivity contribution in [2.24, 2.45) is 4.99 Å². The Hall–Kier alpha value is -3.43. The normalized spacial score (nSPS) is 15.7. The molecule has 35 heavy (non-hydrogen) atoms. The van der Waals surface area contributed by atoms with Crippen LogP contribution in [0.15, 0.2) is 74.5 Å². The molecule has 4 rings (SSSR count). The highest BCUT2D eigenvalue weighted by Crippen LogP contribution is 2.32. The lowest BCUT2D eigenvalue weighted by Crippen LogP contribution is -2.40. The van der Waals surface area contributed by atoms with E-state index in [0.717, 1.165) is 10.5 Å². The monoisotopic (exact) mass is 508 g/mol. The number of hydrogen-bond acceptors (Lipinski definition) is 7. The molecule has 0 fully saturated rings. The second-order valence-electron chi connectivity index (χ2n) is 8.24. The number of rotatable bonds is 6. The number of nitrogens with zero attached hydrogens (tertiary/aromatic N) is 2. The maximum Gasteiger partial charge on any atom is 0.338 e. The second kappa shape index (κ2) is 10.1. The minimum Gasteiger partial charge on any atom is -0.478 e. The summed E-state index contributed by atoms with van der Waals surface area (Å²) in [6.45, 7) is 5.31. The van der Waals surface area contributed by atoms with Gasteiger partial charge in [-0.2, -0.15) is 0 Å². The Morgan fingerprint density at radius 3 is 2.37 bits per heavy atom. The molecule has 2 heterocycles. The third-order valence-electron chi connectivity index (χ3n) is 5.47. The van der Waals surface area contributed by atoms with E-state index in [1.54, 1.807) is 55.3 Å². The van der Waals surface area contributed by atoms with Crippen molar-refractivity contribution in [2.45, 2.75) is 37.8 Å². The lowest BCUT2D eigenvalue weighted by atomic mass is 9.96. The SMILES string of the molecule is CSc1ccc([C@H]2C(C(=O)OC(C)C)=C(C)N=c3s/c(=C/c4ccc(C(=O)O)cc4)c(=O)n32)cc1. The highest BCUT2D eigenvalue weighted by atomic mass is 32.2. The first-order chi connectivity index (χ1) is 16.7. The molecule has 9 heteroatoms. The van der Waals surface area contributed by atoms with Crippen LogP contribution >= 0.6 is 23.1 Å². The van der Waals surface area contributed by atoms with Crippen LogP contribution in [-0.4, -0.2) is 34.0 Å². The number of fused-ring (bicyclic) bond motifs is 1. The molecule has 2 aromatic carbocycles. The summed E-state index contributed by atoms with van der Waals surface area (Å²) in [6, 6.07) is 13.4. The molecule has 0 bridgehead atoms. The molecular weight excluding hydrogens is 484 g/mol. The number of aromatic nitrogens is 1. The van der Waals surface area contributed by atoms with Crippen LogP contribution in [0.5, 0.6) is 0 Å². The van der Waals surface area contributed by atoms with Gasteiger partial charge >= 0.3 is 11.9 Å². The van der Waals surface area contributed by atoms with Gasteiger partial charge in [0.25, 0.3) is 5.56 Å². The summed E-state index contributed by atoms with van der Waals surface area (Å²) in [5, 5.41) is 9.12. The summed E-state index contributed by atoms with van der Waals surface area (Å²) < 4.78 is 7.49. The Morgan fingerprint density at radius 1 is 1.14 bits per heavy atom. The number of benzene rings is 2. The maximum atomic E-state index is 13.6. The Kier molecular flexibility index (Phi) is 7.09. The van der Waals surface area contributed by atoms with Gasteiger partial charge in [0.15, 0.2) is 4.80 Å². The molecule has 3 aromatic rings. The van der Waals surface area contributed by atoms with Crippen LogP contribution in [0, 0.1) is 0 Å². The van der Waals surface area contributed by atoms with E-state index >= 15 is 0 Å². The fourth-order valence-electron chi connectivity index (χ4n) is 3.84. The zero-order valence-corrected chi connectivity index (χ0v) is 21.3. The molecular formula is C26H24N2O5S2. The van der Waals surface area contributed by atoms with Crippen molar-refractivity contribution in [1.29, 1.82) is 0 Å². The number of thioether (sulfide) groups is 1. The topological polar surface area (TPSA) is 98.0 Å². The number of carboxylic acid groups (broad SMARTS) is 1. The van der Waals surface area contributed by atoms with Crippen molar-refractivity contribution in [1.82, 2.24) is 4.57 Å². The van der Waals surface area contributed by atoms with Crippen molar-refractivity contribution >= 4 is 41.1 Å². The smallest absolute Gasteiger partial charge is 0.338 e. The zero-order chi connectivity index (χ0) is 25.3. The largest absolute Gasteiger partial charge is 0.478 e. The third kappa shape index (κ3) is 5.01. The van der Waals surface area contributed by atoms with Crippen LogP contribution in [0.3, 0.4) is 0 Å². The number of carbonyl (C=O) groups excluding carboxylic acids is 1. The number of carboxylic acids is 1. The predicted octanol–water partition coefficient (Wildman–Crippen LogP) is 3.61. The molecule has 7 nitrogen and oxygen atoms in total. The minimum absolute atomic E-state index is 0.168. The van der Waals surface area contributed by atoms with Gasteiger partial charge in [0.2, 0.25) is 0 Å². The quantitative estimate of drug-likeness (QED) is 0.404. The van der Waals surface area contributed by atoms with Gasteiger partial charge in [-0.25, -0.2) is 14.6 Å². The molecule has 1 aliphatic heterocycles. The third-order valence-corrected chi connectivity index (χ3v) is 7.20. The Morgan fingerprint density at radius 2 is 1.80 bits per heavy atom. The zero-order valence-electron chi connectivity index (χ0n) is 19.6. The van der Waals surface area contributed by atoms with Crippen molar-refractivity contribution in [3.8, 4) is 0 Å². The molecule has 0 radical (unpaired) electrons. The van der Waals surface area contributed by atoms with Gasteiger partial charge in [-0.3, -0.25) is 9.36 Å². The minimum atomic E-state index is -1.01. The van der Waals surface area contributed by atoms with Crippen molar-refractivity contribution in [3.05, 3.63) is 96.2 Å². The number of hydrogen-bond donors (Lipinski definition) is 1. The van der Waals surface area contributed by atoms with Crippen molar-refractivity contribution in [2.75, 3.05) is 6.26 Å². The van der Waals surface area contributed by atoms with E-state index in [4.69, 9.17) is 9.84 Å². The van der Waals surface area contributed by atoms with Gasteiger partial charge in [0, 0.05) is 4.90 Å². The van der Waals surface area contributed by atoms with E-state index in [1.807, 2.05) is 30.5 Å². The lowest BCUT2D eigenvalue weighted by Gasteiger charge is -2.25. The fourth-order valence-corrected chi connectivity index (χ4v) is 5.29. The summed E-state index contributed by atoms with van der Waals surface area (Å²) in [7, 11) is 0. The van der Waals surface area contributed by atoms with Crippen LogP contribution in [0.1, 0.15) is 48.3 Å². The van der Waals surface area contributed by atoms with Gasteiger partial charge in [-0.1, -0.05) is 35.6 Å². The molecule has 0 saturated carbocycles. The van der Waals surface area contributed by atoms with Gasteiger partial charge in [0.05, 0.1) is 33.5 Å². The van der Waals surface area contributed by atoms with E-state index in [2.05, 4.69) is 4.99 Å². The highest BCUT2D eigenvalue weighted by Gasteiger charge is 2.33. The molecule has 0 saturated heterocycles. The van der Waals surface area contributed by atoms with E-state index < -0.39 is 18.0 Å². The number of aromatic carboxylic acids is 1. The summed E-state index contributed by atoms with van der Waals surface area (Å²) in [5.41, 5.74) is 2.20. The van der Waals surface area contributed by atoms with Crippen LogP contribution in [-0.2, 0) is 9.53 Å². The first-order valence-electron chi connectivity index (χ1n) is 10.9. The van der Waals surface area contributed by atoms with E-state index in [-0.39, 0.29) is 17.2 Å². The second-order valence-corrected chi connectivity index (χ2v) is 10.1. The van der Waals surface area contributed by atoms with Crippen LogP contribution < -0.4 is 14.9 Å². The first-order valence-corrected chi connectivity index (χ1v) is 12.9. The Balaban J connectivity index is 1.89. The van der Waals surface area contributed by atoms with Gasteiger partial charge in [0.1, 0.15) is 0 Å². The number of esters is 1. The van der Waals surface area contributed by atoms with Crippen molar-refractivity contribution in [3.63, 3.8) is 0 Å². The summed E-state index contributed by atoms with van der Waals surface area (Å²) >= 11 is 2.83.